The molecule has 0 bridgehead atoms. The lowest BCUT2D eigenvalue weighted by Crippen LogP contribution is -2.41. The summed E-state index contributed by atoms with van der Waals surface area (Å²) in [6.45, 7) is 4.46. The molecular weight excluding hydrogens is 386 g/mol. The van der Waals surface area contributed by atoms with Crippen LogP contribution in [0.1, 0.15) is 24.0 Å². The Kier molecular flexibility index (Phi) is 5.83. The summed E-state index contributed by atoms with van der Waals surface area (Å²) in [5.74, 6) is -0.288. The van der Waals surface area contributed by atoms with E-state index in [2.05, 4.69) is 10.3 Å². The SMILES string of the molecule is Cc1cccc(C)c1NC(=O)C1CCN(S(=O)(=O)c2cccnc2Cl)CC1. The van der Waals surface area contributed by atoms with E-state index in [1.807, 2.05) is 32.0 Å². The van der Waals surface area contributed by atoms with E-state index >= 15 is 0 Å². The maximum absolute atomic E-state index is 12.8. The Morgan fingerprint density at radius 3 is 2.37 bits per heavy atom. The number of nitrogens with one attached hydrogen (secondary N) is 1. The minimum Gasteiger partial charge on any atom is -0.325 e. The van der Waals surface area contributed by atoms with Crippen LogP contribution < -0.4 is 5.32 Å². The maximum atomic E-state index is 12.8. The van der Waals surface area contributed by atoms with Gasteiger partial charge in [0.2, 0.25) is 15.9 Å². The average Bonchev–Trinajstić information content (AvgIpc) is 2.65. The van der Waals surface area contributed by atoms with E-state index in [-0.39, 0.29) is 35.0 Å². The van der Waals surface area contributed by atoms with Crippen LogP contribution in [0.3, 0.4) is 0 Å². The van der Waals surface area contributed by atoms with Gasteiger partial charge < -0.3 is 5.32 Å². The molecule has 6 nitrogen and oxygen atoms in total. The van der Waals surface area contributed by atoms with E-state index in [0.29, 0.717) is 12.8 Å². The predicted molar refractivity (Wildman–Crippen MR) is 105 cm³/mol. The number of nitrogens with zero attached hydrogens (tertiary/aromatic N) is 2. The summed E-state index contributed by atoms with van der Waals surface area (Å²) in [5.41, 5.74) is 2.85. The Hall–Kier alpha value is -1.96. The molecule has 1 fully saturated rings. The Labute approximate surface area is 164 Å². The molecule has 1 saturated heterocycles. The predicted octanol–water partition coefficient (Wildman–Crippen LogP) is 3.39. The van der Waals surface area contributed by atoms with Gasteiger partial charge in [0, 0.05) is 30.9 Å². The smallest absolute Gasteiger partial charge is 0.246 e. The summed E-state index contributed by atoms with van der Waals surface area (Å²) in [5, 5.41) is 2.97. The second-order valence-electron chi connectivity index (χ2n) is 6.73. The summed E-state index contributed by atoms with van der Waals surface area (Å²) in [6, 6.07) is 8.85. The number of rotatable bonds is 4. The zero-order valence-corrected chi connectivity index (χ0v) is 16.8. The van der Waals surface area contributed by atoms with Gasteiger partial charge in [-0.05, 0) is 49.9 Å². The van der Waals surface area contributed by atoms with Crippen LogP contribution in [0.5, 0.6) is 0 Å². The molecule has 0 atom stereocenters. The standard InChI is InChI=1S/C19H22ClN3O3S/c1-13-5-3-6-14(2)17(13)22-19(24)15-8-11-23(12-9-15)27(25,26)16-7-4-10-21-18(16)20/h3-7,10,15H,8-9,11-12H2,1-2H3,(H,22,24). The number of para-hydroxylation sites is 1. The minimum absolute atomic E-state index is 0.00473. The van der Waals surface area contributed by atoms with Crippen molar-refractivity contribution in [2.45, 2.75) is 31.6 Å². The number of pyridine rings is 1. The lowest BCUT2D eigenvalue weighted by molar-refractivity contribution is -0.120. The molecule has 0 aliphatic carbocycles. The number of hydrogen-bond acceptors (Lipinski definition) is 4. The van der Waals surface area contributed by atoms with Crippen molar-refractivity contribution in [3.05, 3.63) is 52.8 Å². The molecule has 27 heavy (non-hydrogen) atoms. The first-order chi connectivity index (χ1) is 12.8. The number of halogens is 1. The van der Waals surface area contributed by atoms with Crippen molar-refractivity contribution in [2.24, 2.45) is 5.92 Å². The number of benzene rings is 1. The van der Waals surface area contributed by atoms with Crippen LogP contribution in [-0.4, -0.2) is 36.7 Å². The molecule has 144 valence electrons. The zero-order valence-electron chi connectivity index (χ0n) is 15.3. The Bertz CT molecular complexity index is 934. The zero-order chi connectivity index (χ0) is 19.6. The van der Waals surface area contributed by atoms with Gasteiger partial charge in [0.25, 0.3) is 0 Å². The third-order valence-corrected chi connectivity index (χ3v) is 7.24. The molecule has 8 heteroatoms. The Morgan fingerprint density at radius 2 is 1.78 bits per heavy atom. The molecule has 2 aromatic rings. The van der Waals surface area contributed by atoms with Crippen LogP contribution >= 0.6 is 11.6 Å². The van der Waals surface area contributed by atoms with E-state index in [1.165, 1.54) is 16.6 Å². The number of hydrogen-bond donors (Lipinski definition) is 1. The van der Waals surface area contributed by atoms with E-state index in [0.717, 1.165) is 16.8 Å². The van der Waals surface area contributed by atoms with Gasteiger partial charge >= 0.3 is 0 Å². The highest BCUT2D eigenvalue weighted by molar-refractivity contribution is 7.89. The topological polar surface area (TPSA) is 79.4 Å². The summed E-state index contributed by atoms with van der Waals surface area (Å²) < 4.78 is 26.9. The van der Waals surface area contributed by atoms with Gasteiger partial charge in [0.15, 0.2) is 0 Å². The largest absolute Gasteiger partial charge is 0.325 e. The van der Waals surface area contributed by atoms with Crippen LogP contribution in [0.25, 0.3) is 0 Å². The molecule has 2 heterocycles. The number of sulfonamides is 1. The second-order valence-corrected chi connectivity index (χ2v) is 8.99. The molecule has 1 aliphatic heterocycles. The Balaban J connectivity index is 1.67. The highest BCUT2D eigenvalue weighted by Crippen LogP contribution is 2.28. The third kappa shape index (κ3) is 4.15. The summed E-state index contributed by atoms with van der Waals surface area (Å²) in [7, 11) is -3.71. The fourth-order valence-corrected chi connectivity index (χ4v) is 5.20. The van der Waals surface area contributed by atoms with Crippen molar-refractivity contribution in [3.8, 4) is 0 Å². The molecule has 0 saturated carbocycles. The Morgan fingerprint density at radius 1 is 1.15 bits per heavy atom. The van der Waals surface area contributed by atoms with E-state index in [9.17, 15) is 13.2 Å². The van der Waals surface area contributed by atoms with Crippen LogP contribution in [0.4, 0.5) is 5.69 Å². The molecule has 1 aromatic carbocycles. The van der Waals surface area contributed by atoms with E-state index < -0.39 is 10.0 Å². The molecule has 0 unspecified atom stereocenters. The lowest BCUT2D eigenvalue weighted by Gasteiger charge is -2.30. The summed E-state index contributed by atoms with van der Waals surface area (Å²) in [4.78, 5) is 16.5. The summed E-state index contributed by atoms with van der Waals surface area (Å²) >= 11 is 5.95. The minimum atomic E-state index is -3.71. The van der Waals surface area contributed by atoms with Gasteiger partial charge in [-0.15, -0.1) is 0 Å². The number of amides is 1. The molecule has 3 rings (SSSR count). The number of aromatic nitrogens is 1. The highest BCUT2D eigenvalue weighted by atomic mass is 35.5. The van der Waals surface area contributed by atoms with Crippen molar-refractivity contribution < 1.29 is 13.2 Å². The van der Waals surface area contributed by atoms with Gasteiger partial charge in [-0.3, -0.25) is 4.79 Å². The van der Waals surface area contributed by atoms with Gasteiger partial charge in [-0.25, -0.2) is 13.4 Å². The number of carbonyl (C=O) groups excluding carboxylic acids is 1. The van der Waals surface area contributed by atoms with Crippen LogP contribution in [0.2, 0.25) is 5.15 Å². The first-order valence-electron chi connectivity index (χ1n) is 8.78. The molecule has 0 radical (unpaired) electrons. The highest BCUT2D eigenvalue weighted by Gasteiger charge is 2.33. The van der Waals surface area contributed by atoms with Crippen molar-refractivity contribution in [2.75, 3.05) is 18.4 Å². The maximum Gasteiger partial charge on any atom is 0.246 e. The van der Waals surface area contributed by atoms with Crippen LogP contribution in [0.15, 0.2) is 41.4 Å². The monoisotopic (exact) mass is 407 g/mol. The summed E-state index contributed by atoms with van der Waals surface area (Å²) in [6.07, 6.45) is 2.38. The molecule has 1 aliphatic rings. The number of carbonyl (C=O) groups is 1. The van der Waals surface area contributed by atoms with E-state index in [1.54, 1.807) is 6.07 Å². The van der Waals surface area contributed by atoms with Crippen LogP contribution in [0, 0.1) is 19.8 Å². The first-order valence-corrected chi connectivity index (χ1v) is 10.6. The normalized spacial score (nSPS) is 16.3. The number of piperidine rings is 1. The van der Waals surface area contributed by atoms with Crippen LogP contribution in [-0.2, 0) is 14.8 Å². The van der Waals surface area contributed by atoms with Gasteiger partial charge in [-0.1, -0.05) is 29.8 Å². The lowest BCUT2D eigenvalue weighted by atomic mass is 9.96. The van der Waals surface area contributed by atoms with Crippen molar-refractivity contribution in [3.63, 3.8) is 0 Å². The fraction of sp³-hybridized carbons (Fsp3) is 0.368. The van der Waals surface area contributed by atoms with Crippen molar-refractivity contribution >= 4 is 33.2 Å². The van der Waals surface area contributed by atoms with Gasteiger partial charge in [-0.2, -0.15) is 4.31 Å². The number of aryl methyl sites for hydroxylation is 2. The second kappa shape index (κ2) is 7.96. The van der Waals surface area contributed by atoms with Gasteiger partial charge in [0.05, 0.1) is 0 Å². The molecular formula is C19H22ClN3O3S. The molecule has 1 aromatic heterocycles. The van der Waals surface area contributed by atoms with E-state index in [4.69, 9.17) is 11.6 Å². The fourth-order valence-electron chi connectivity index (χ4n) is 3.30. The van der Waals surface area contributed by atoms with Crippen molar-refractivity contribution in [1.29, 1.82) is 0 Å². The first kappa shape index (κ1) is 19.8. The molecule has 1 N–H and O–H groups in total. The quantitative estimate of drug-likeness (QED) is 0.788. The van der Waals surface area contributed by atoms with Gasteiger partial charge in [0.1, 0.15) is 10.0 Å². The number of anilines is 1. The average molecular weight is 408 g/mol. The molecule has 1 amide bonds. The third-order valence-electron chi connectivity index (χ3n) is 4.90. The molecule has 0 spiro atoms. The van der Waals surface area contributed by atoms with Crippen molar-refractivity contribution in [1.82, 2.24) is 9.29 Å².